The number of carbonyl (C=O) groups is 1. The molecule has 3 heterocycles. The Morgan fingerprint density at radius 1 is 1.13 bits per heavy atom. The largest absolute Gasteiger partial charge is 0.416 e. The Morgan fingerprint density at radius 2 is 1.94 bits per heavy atom. The minimum Gasteiger partial charge on any atom is -0.356 e. The summed E-state index contributed by atoms with van der Waals surface area (Å²) in [5.74, 6) is 0.431. The molecule has 4 nitrogen and oxygen atoms in total. The number of nitrogens with zero attached hydrogens (tertiary/aromatic N) is 3. The number of anilines is 1. The number of piperidine rings is 1. The fraction of sp³-hybridized carbons (Fsp3) is 0.292. The van der Waals surface area contributed by atoms with E-state index in [1.54, 1.807) is 43.5 Å². The summed E-state index contributed by atoms with van der Waals surface area (Å²) >= 11 is 0. The van der Waals surface area contributed by atoms with Crippen LogP contribution in [-0.4, -0.2) is 28.8 Å². The van der Waals surface area contributed by atoms with Gasteiger partial charge in [-0.15, -0.1) is 0 Å². The van der Waals surface area contributed by atoms with Crippen LogP contribution in [0.25, 0.3) is 0 Å². The number of ketones is 1. The van der Waals surface area contributed by atoms with Crippen LogP contribution in [0, 0.1) is 6.92 Å². The number of benzene rings is 1. The van der Waals surface area contributed by atoms with Gasteiger partial charge < -0.3 is 4.90 Å². The Kier molecular flexibility index (Phi) is 5.76. The Bertz CT molecular complexity index is 1100. The summed E-state index contributed by atoms with van der Waals surface area (Å²) in [4.78, 5) is 23.7. The molecule has 1 saturated heterocycles. The van der Waals surface area contributed by atoms with Crippen molar-refractivity contribution in [2.75, 3.05) is 18.0 Å². The molecule has 1 unspecified atom stereocenters. The topological polar surface area (TPSA) is 46.1 Å². The number of carbonyl (C=O) groups excluding carboxylic acids is 1. The zero-order valence-electron chi connectivity index (χ0n) is 17.1. The molecule has 1 fully saturated rings. The van der Waals surface area contributed by atoms with Crippen molar-refractivity contribution in [1.82, 2.24) is 9.97 Å². The number of rotatable bonds is 4. The van der Waals surface area contributed by atoms with E-state index in [-0.39, 0.29) is 13.1 Å². The van der Waals surface area contributed by atoms with Crippen LogP contribution >= 0.6 is 0 Å². The predicted octanol–water partition coefficient (Wildman–Crippen LogP) is 5.66. The molecule has 0 radical (unpaired) electrons. The van der Waals surface area contributed by atoms with Crippen LogP contribution in [0.15, 0.2) is 60.8 Å². The molecule has 0 amide bonds. The van der Waals surface area contributed by atoms with Gasteiger partial charge in [0.05, 0.1) is 5.56 Å². The minimum atomic E-state index is -4.36. The Labute approximate surface area is 180 Å². The minimum absolute atomic E-state index is 0. The van der Waals surface area contributed by atoms with Gasteiger partial charge in [0.1, 0.15) is 11.5 Å². The van der Waals surface area contributed by atoms with E-state index in [2.05, 4.69) is 9.97 Å². The van der Waals surface area contributed by atoms with E-state index in [4.69, 9.17) is 0 Å². The number of hydrogen-bond donors (Lipinski definition) is 0. The molecule has 0 saturated carbocycles. The van der Waals surface area contributed by atoms with Crippen molar-refractivity contribution in [3.8, 4) is 0 Å². The zero-order chi connectivity index (χ0) is 22.0. The van der Waals surface area contributed by atoms with Crippen LogP contribution in [0.2, 0.25) is 0 Å². The average molecular weight is 427 g/mol. The first-order valence-corrected chi connectivity index (χ1v) is 10.2. The Balaban J connectivity index is 0.00000289. The second-order valence-electron chi connectivity index (χ2n) is 7.75. The fourth-order valence-electron chi connectivity index (χ4n) is 4.01. The van der Waals surface area contributed by atoms with Crippen LogP contribution in [0.4, 0.5) is 19.0 Å². The van der Waals surface area contributed by atoms with E-state index in [1.807, 2.05) is 11.0 Å². The lowest BCUT2D eigenvalue weighted by Crippen LogP contribution is -2.35. The first-order chi connectivity index (χ1) is 14.8. The number of alkyl halides is 3. The van der Waals surface area contributed by atoms with Gasteiger partial charge in [0.25, 0.3) is 0 Å². The van der Waals surface area contributed by atoms with Gasteiger partial charge in [0.15, 0.2) is 0 Å². The lowest BCUT2D eigenvalue weighted by Gasteiger charge is -2.34. The molecule has 0 N–H and O–H groups in total. The molecule has 1 atom stereocenters. The van der Waals surface area contributed by atoms with Crippen molar-refractivity contribution in [2.24, 2.45) is 0 Å². The highest BCUT2D eigenvalue weighted by molar-refractivity contribution is 6.08. The normalized spacial score (nSPS) is 16.9. The monoisotopic (exact) mass is 427 g/mol. The maximum absolute atomic E-state index is 13.1. The first kappa shape index (κ1) is 21.0. The third kappa shape index (κ3) is 4.60. The van der Waals surface area contributed by atoms with E-state index >= 15 is 0 Å². The summed E-state index contributed by atoms with van der Waals surface area (Å²) in [5, 5.41) is 0. The molecule has 3 aromatic rings. The maximum Gasteiger partial charge on any atom is 0.416 e. The van der Waals surface area contributed by atoms with Gasteiger partial charge in [-0.3, -0.25) is 9.78 Å². The number of hydrogen-bond acceptors (Lipinski definition) is 4. The highest BCUT2D eigenvalue weighted by Crippen LogP contribution is 2.34. The Hall–Kier alpha value is -3.22. The number of halogens is 3. The number of aromatic nitrogens is 2. The van der Waals surface area contributed by atoms with Gasteiger partial charge in [-0.2, -0.15) is 13.2 Å². The lowest BCUT2D eigenvalue weighted by atomic mass is 9.89. The van der Waals surface area contributed by atoms with Crippen LogP contribution in [0.1, 0.15) is 53.1 Å². The molecule has 1 aliphatic heterocycles. The van der Waals surface area contributed by atoms with E-state index in [0.717, 1.165) is 25.5 Å². The molecular formula is C24H24F3N3O. The van der Waals surface area contributed by atoms with Crippen molar-refractivity contribution < 1.29 is 19.4 Å². The van der Waals surface area contributed by atoms with E-state index in [9.17, 15) is 18.0 Å². The second kappa shape index (κ2) is 8.49. The van der Waals surface area contributed by atoms with Gasteiger partial charge in [0, 0.05) is 37.9 Å². The standard InChI is InChI=1S/C24H22F3N3O.H2/c1-16-20(9-4-12-28-16)23(31)21-10-3-11-22(29-21)30-13-5-7-18(15-30)17-6-2-8-19(14-17)24(25,26)27;/h2-4,6,8-12,14,18H,5,7,13,15H2,1H3;1H. The predicted molar refractivity (Wildman–Crippen MR) is 114 cm³/mol. The second-order valence-corrected chi connectivity index (χ2v) is 7.75. The number of aryl methyl sites for hydroxylation is 1. The zero-order valence-corrected chi connectivity index (χ0v) is 17.1. The van der Waals surface area contributed by atoms with Crippen LogP contribution < -0.4 is 4.90 Å². The van der Waals surface area contributed by atoms with Crippen molar-refractivity contribution >= 4 is 11.6 Å². The molecule has 7 heteroatoms. The van der Waals surface area contributed by atoms with Crippen LogP contribution in [-0.2, 0) is 6.18 Å². The maximum atomic E-state index is 13.1. The van der Waals surface area contributed by atoms with E-state index in [1.165, 1.54) is 12.1 Å². The fourth-order valence-corrected chi connectivity index (χ4v) is 4.01. The smallest absolute Gasteiger partial charge is 0.356 e. The van der Waals surface area contributed by atoms with Crippen molar-refractivity contribution in [1.29, 1.82) is 0 Å². The van der Waals surface area contributed by atoms with Crippen molar-refractivity contribution in [2.45, 2.75) is 31.9 Å². The molecular weight excluding hydrogens is 403 g/mol. The van der Waals surface area contributed by atoms with Gasteiger partial charge >= 0.3 is 6.18 Å². The highest BCUT2D eigenvalue weighted by atomic mass is 19.4. The third-order valence-corrected chi connectivity index (χ3v) is 5.65. The summed E-state index contributed by atoms with van der Waals surface area (Å²) < 4.78 is 39.3. The quantitative estimate of drug-likeness (QED) is 0.504. The van der Waals surface area contributed by atoms with Gasteiger partial charge in [0.2, 0.25) is 5.78 Å². The molecule has 1 aliphatic rings. The van der Waals surface area contributed by atoms with Gasteiger partial charge in [-0.05, 0) is 55.7 Å². The van der Waals surface area contributed by atoms with Gasteiger partial charge in [-0.25, -0.2) is 4.98 Å². The number of pyridine rings is 2. The molecule has 31 heavy (non-hydrogen) atoms. The molecule has 162 valence electrons. The SMILES string of the molecule is Cc1ncccc1C(=O)c1cccc(N2CCCC(c3cccc(C(F)(F)F)c3)C2)n1.[HH]. The van der Waals surface area contributed by atoms with Crippen LogP contribution in [0.5, 0.6) is 0 Å². The van der Waals surface area contributed by atoms with Crippen molar-refractivity contribution in [3.63, 3.8) is 0 Å². The Morgan fingerprint density at radius 3 is 2.71 bits per heavy atom. The summed E-state index contributed by atoms with van der Waals surface area (Å²) in [6.45, 7) is 3.07. The summed E-state index contributed by atoms with van der Waals surface area (Å²) in [6, 6.07) is 14.3. The highest BCUT2D eigenvalue weighted by Gasteiger charge is 2.31. The summed E-state index contributed by atoms with van der Waals surface area (Å²) in [6.07, 6.45) is -1.07. The van der Waals surface area contributed by atoms with Crippen molar-refractivity contribution in [3.05, 3.63) is 88.9 Å². The first-order valence-electron chi connectivity index (χ1n) is 10.2. The average Bonchev–Trinajstić information content (AvgIpc) is 2.79. The molecule has 0 aliphatic carbocycles. The molecule has 0 spiro atoms. The van der Waals surface area contributed by atoms with Crippen LogP contribution in [0.3, 0.4) is 0 Å². The molecule has 2 aromatic heterocycles. The molecule has 0 bridgehead atoms. The third-order valence-electron chi connectivity index (χ3n) is 5.65. The summed E-state index contributed by atoms with van der Waals surface area (Å²) in [5.41, 5.74) is 1.53. The van der Waals surface area contributed by atoms with E-state index in [0.29, 0.717) is 34.9 Å². The lowest BCUT2D eigenvalue weighted by molar-refractivity contribution is -0.137. The summed E-state index contributed by atoms with van der Waals surface area (Å²) in [7, 11) is 0. The van der Waals surface area contributed by atoms with E-state index < -0.39 is 11.7 Å². The van der Waals surface area contributed by atoms with Gasteiger partial charge in [-0.1, -0.05) is 24.3 Å². The molecule has 4 rings (SSSR count). The molecule has 1 aromatic carbocycles.